The van der Waals surface area contributed by atoms with Crippen molar-refractivity contribution < 1.29 is 32.6 Å². The first-order valence-corrected chi connectivity index (χ1v) is 15.5. The lowest BCUT2D eigenvalue weighted by molar-refractivity contribution is -0.192. The van der Waals surface area contributed by atoms with Crippen LogP contribution in [-0.2, 0) is 15.0 Å². The van der Waals surface area contributed by atoms with Gasteiger partial charge in [0.25, 0.3) is 0 Å². The lowest BCUT2D eigenvalue weighted by Gasteiger charge is -2.38. The first-order valence-electron chi connectivity index (χ1n) is 15.5. The Morgan fingerprint density at radius 1 is 1.04 bits per heavy atom. The summed E-state index contributed by atoms with van der Waals surface area (Å²) >= 11 is 0. The number of carboxylic acid groups (broad SMARTS) is 1. The van der Waals surface area contributed by atoms with Crippen LogP contribution in [0.15, 0.2) is 60.7 Å². The number of alkyl halides is 3. The number of ether oxygens (including phenoxy) is 1. The Hall–Kier alpha value is -4.84. The maximum absolute atomic E-state index is 13.0. The summed E-state index contributed by atoms with van der Waals surface area (Å²) in [6, 6.07) is 21.7. The van der Waals surface area contributed by atoms with Crippen molar-refractivity contribution in [2.45, 2.75) is 43.8 Å². The minimum absolute atomic E-state index is 0.0814. The Balaban J connectivity index is 0.000000499. The Morgan fingerprint density at radius 2 is 1.74 bits per heavy atom. The highest BCUT2D eigenvalue weighted by atomic mass is 19.4. The molecule has 3 aliphatic rings. The van der Waals surface area contributed by atoms with Gasteiger partial charge in [0.05, 0.1) is 23.7 Å². The van der Waals surface area contributed by atoms with Crippen LogP contribution in [0.4, 0.5) is 24.5 Å². The van der Waals surface area contributed by atoms with Crippen molar-refractivity contribution >= 4 is 46.3 Å². The standard InChI is InChI=1S/C33H35N5O2.C2HF3O2/c1-21(2)37-14-16-38(17-15-37)24-8-4-22(5-9-24)6-12-29-26-11-7-23(18-31(26)36-35-29)28-20-33(28)27-19-25(40-3)10-13-30(27)34-32(33)39;3-2(4,5)1(6)7/h4-13,18-19,21,28H,14-17,20H2,1-3H3,(H,34,39)(H,35,36);(H,6,7)/b12-6+;/t28-,33-;/m0./s1. The number of hydrogen-bond donors (Lipinski definition) is 3. The summed E-state index contributed by atoms with van der Waals surface area (Å²) in [7, 11) is 1.66. The maximum atomic E-state index is 13.0. The topological polar surface area (TPSA) is 111 Å². The minimum Gasteiger partial charge on any atom is -0.497 e. The van der Waals surface area contributed by atoms with Crippen LogP contribution in [0.1, 0.15) is 48.6 Å². The monoisotopic (exact) mass is 647 g/mol. The number of aliphatic carboxylic acids is 1. The van der Waals surface area contributed by atoms with Gasteiger partial charge in [-0.2, -0.15) is 18.3 Å². The van der Waals surface area contributed by atoms with Gasteiger partial charge in [-0.25, -0.2) is 4.79 Å². The molecule has 9 nitrogen and oxygen atoms in total. The van der Waals surface area contributed by atoms with E-state index in [0.29, 0.717) is 6.04 Å². The summed E-state index contributed by atoms with van der Waals surface area (Å²) in [6.07, 6.45) is -0.0949. The van der Waals surface area contributed by atoms with E-state index < -0.39 is 17.6 Å². The number of piperazine rings is 1. The van der Waals surface area contributed by atoms with E-state index in [9.17, 15) is 18.0 Å². The van der Waals surface area contributed by atoms with Crippen LogP contribution < -0.4 is 15.0 Å². The van der Waals surface area contributed by atoms with Gasteiger partial charge in [-0.3, -0.25) is 14.8 Å². The van der Waals surface area contributed by atoms with Gasteiger partial charge in [0.15, 0.2) is 0 Å². The highest BCUT2D eigenvalue weighted by molar-refractivity contribution is 6.10. The van der Waals surface area contributed by atoms with E-state index in [4.69, 9.17) is 14.6 Å². The van der Waals surface area contributed by atoms with Gasteiger partial charge in [-0.15, -0.1) is 0 Å². The summed E-state index contributed by atoms with van der Waals surface area (Å²) in [6.45, 7) is 8.92. The number of methoxy groups -OCH3 is 1. The molecule has 3 aromatic carbocycles. The molecule has 1 aliphatic carbocycles. The number of carboxylic acids is 1. The number of aromatic amines is 1. The van der Waals surface area contributed by atoms with Crippen molar-refractivity contribution in [2.24, 2.45) is 0 Å². The van der Waals surface area contributed by atoms with Gasteiger partial charge >= 0.3 is 12.1 Å². The number of aromatic nitrogens is 2. The number of rotatable bonds is 6. The summed E-state index contributed by atoms with van der Waals surface area (Å²) in [5.74, 6) is -1.76. The third kappa shape index (κ3) is 6.29. The van der Waals surface area contributed by atoms with Crippen molar-refractivity contribution in [3.8, 4) is 5.75 Å². The molecular formula is C35H36F3N5O4. The largest absolute Gasteiger partial charge is 0.497 e. The number of benzene rings is 3. The SMILES string of the molecule is COc1ccc2c(c1)[C@]1(C[C@H]1c1ccc3c(/C=C/c4ccc(N5CCN(C(C)C)CC5)cc4)n[nH]c3c1)C(=O)N2.O=C(O)C(F)(F)F. The van der Waals surface area contributed by atoms with Crippen LogP contribution in [-0.4, -0.2) is 77.6 Å². The Labute approximate surface area is 270 Å². The van der Waals surface area contributed by atoms with E-state index in [2.05, 4.69) is 93.8 Å². The molecule has 0 radical (unpaired) electrons. The number of hydrogen-bond acceptors (Lipinski definition) is 6. The highest BCUT2D eigenvalue weighted by Crippen LogP contribution is 2.65. The fourth-order valence-electron chi connectivity index (χ4n) is 6.57. The molecule has 1 saturated heterocycles. The van der Waals surface area contributed by atoms with E-state index in [1.54, 1.807) is 7.11 Å². The molecule has 3 N–H and O–H groups in total. The van der Waals surface area contributed by atoms with Crippen molar-refractivity contribution in [2.75, 3.05) is 43.5 Å². The first-order chi connectivity index (χ1) is 22.4. The average Bonchev–Trinajstić information content (AvgIpc) is 3.60. The predicted octanol–water partition coefficient (Wildman–Crippen LogP) is 6.28. The van der Waals surface area contributed by atoms with Crippen molar-refractivity contribution in [3.63, 3.8) is 0 Å². The zero-order valence-electron chi connectivity index (χ0n) is 26.3. The third-order valence-corrected chi connectivity index (χ3v) is 9.32. The number of amides is 1. The van der Waals surface area contributed by atoms with Gasteiger partial charge in [0, 0.05) is 54.9 Å². The number of H-pyrrole nitrogens is 1. The second-order valence-electron chi connectivity index (χ2n) is 12.4. The summed E-state index contributed by atoms with van der Waals surface area (Å²) in [4.78, 5) is 27.0. The Morgan fingerprint density at radius 3 is 2.38 bits per heavy atom. The van der Waals surface area contributed by atoms with Gasteiger partial charge in [0.1, 0.15) is 5.75 Å². The van der Waals surface area contributed by atoms with E-state index in [1.807, 2.05) is 18.2 Å². The maximum Gasteiger partial charge on any atom is 0.490 e. The predicted molar refractivity (Wildman–Crippen MR) is 175 cm³/mol. The molecule has 1 spiro atoms. The van der Waals surface area contributed by atoms with E-state index >= 15 is 0 Å². The van der Waals surface area contributed by atoms with Crippen LogP contribution in [0.5, 0.6) is 5.75 Å². The minimum atomic E-state index is -5.08. The van der Waals surface area contributed by atoms with Crippen LogP contribution in [0.3, 0.4) is 0 Å². The normalized spacial score (nSPS) is 20.8. The molecule has 246 valence electrons. The summed E-state index contributed by atoms with van der Waals surface area (Å²) in [5.41, 5.74) is 6.92. The number of anilines is 2. The number of nitrogens with zero attached hydrogens (tertiary/aromatic N) is 3. The molecular weight excluding hydrogens is 611 g/mol. The molecule has 1 saturated carbocycles. The fraction of sp³-hybridized carbons (Fsp3) is 0.343. The molecule has 0 bridgehead atoms. The van der Waals surface area contributed by atoms with Gasteiger partial charge in [-0.05, 0) is 79.4 Å². The molecule has 12 heteroatoms. The van der Waals surface area contributed by atoms with E-state index in [0.717, 1.165) is 77.3 Å². The molecule has 2 aliphatic heterocycles. The lowest BCUT2D eigenvalue weighted by atomic mass is 9.91. The van der Waals surface area contributed by atoms with Crippen LogP contribution in [0.25, 0.3) is 23.1 Å². The average molecular weight is 648 g/mol. The van der Waals surface area contributed by atoms with Gasteiger partial charge in [-0.1, -0.05) is 30.3 Å². The van der Waals surface area contributed by atoms with Crippen LogP contribution in [0, 0.1) is 0 Å². The smallest absolute Gasteiger partial charge is 0.490 e. The number of halogens is 3. The second kappa shape index (κ2) is 12.4. The highest BCUT2D eigenvalue weighted by Gasteiger charge is 2.65. The number of carbonyl (C=O) groups excluding carboxylic acids is 1. The van der Waals surface area contributed by atoms with E-state index in [-0.39, 0.29) is 11.8 Å². The third-order valence-electron chi connectivity index (χ3n) is 9.32. The number of nitrogens with one attached hydrogen (secondary N) is 2. The lowest BCUT2D eigenvalue weighted by Crippen LogP contribution is -2.48. The van der Waals surface area contributed by atoms with Crippen molar-refractivity contribution in [1.29, 1.82) is 0 Å². The molecule has 4 aromatic rings. The van der Waals surface area contributed by atoms with Crippen LogP contribution >= 0.6 is 0 Å². The van der Waals surface area contributed by atoms with Gasteiger partial charge < -0.3 is 20.1 Å². The molecule has 0 unspecified atom stereocenters. The molecule has 47 heavy (non-hydrogen) atoms. The fourth-order valence-corrected chi connectivity index (χ4v) is 6.57. The molecule has 7 rings (SSSR count). The molecule has 3 heterocycles. The summed E-state index contributed by atoms with van der Waals surface area (Å²) < 4.78 is 37.2. The molecule has 1 amide bonds. The van der Waals surface area contributed by atoms with Crippen molar-refractivity contribution in [1.82, 2.24) is 15.1 Å². The zero-order valence-corrected chi connectivity index (χ0v) is 26.3. The number of fused-ring (bicyclic) bond motifs is 3. The van der Waals surface area contributed by atoms with Crippen LogP contribution in [0.2, 0.25) is 0 Å². The summed E-state index contributed by atoms with van der Waals surface area (Å²) in [5, 5.41) is 19.1. The molecule has 2 fully saturated rings. The zero-order chi connectivity index (χ0) is 33.5. The Kier molecular flexibility index (Phi) is 8.47. The quantitative estimate of drug-likeness (QED) is 0.226. The van der Waals surface area contributed by atoms with Gasteiger partial charge in [0.2, 0.25) is 5.91 Å². The van der Waals surface area contributed by atoms with E-state index in [1.165, 1.54) is 5.69 Å². The Bertz CT molecular complexity index is 1830. The molecule has 1 aromatic heterocycles. The first kappa shape index (κ1) is 32.1. The second-order valence-corrected chi connectivity index (χ2v) is 12.4. The number of carbonyl (C=O) groups is 2. The van der Waals surface area contributed by atoms with Crippen molar-refractivity contribution in [3.05, 3.63) is 83.0 Å². The molecule has 2 atom stereocenters.